The van der Waals surface area contributed by atoms with Crippen molar-refractivity contribution in [1.29, 1.82) is 0 Å². The predicted octanol–water partition coefficient (Wildman–Crippen LogP) is 0.666. The first-order valence-electron chi connectivity index (χ1n) is 2.58. The van der Waals surface area contributed by atoms with Gasteiger partial charge in [0.1, 0.15) is 0 Å². The summed E-state index contributed by atoms with van der Waals surface area (Å²) in [6.45, 7) is 7.49. The fraction of sp³-hybridized carbons (Fsp3) is 1.00. The summed E-state index contributed by atoms with van der Waals surface area (Å²) in [4.78, 5) is 0. The second-order valence-electron chi connectivity index (χ2n) is 1.82. The van der Waals surface area contributed by atoms with Gasteiger partial charge in [-0.05, 0) is 13.8 Å². The molecule has 7 heavy (non-hydrogen) atoms. The van der Waals surface area contributed by atoms with Gasteiger partial charge < -0.3 is 11.5 Å². The third kappa shape index (κ3) is 14200. The van der Waals surface area contributed by atoms with Crippen LogP contribution in [0, 0.1) is 0 Å². The van der Waals surface area contributed by atoms with Crippen LogP contribution in [0.4, 0.5) is 0 Å². The zero-order chi connectivity index (χ0) is 6.50. The van der Waals surface area contributed by atoms with Gasteiger partial charge in [-0.3, -0.25) is 0 Å². The van der Waals surface area contributed by atoms with Crippen LogP contribution in [-0.4, -0.2) is 5.66 Å². The van der Waals surface area contributed by atoms with Crippen molar-refractivity contribution in [3.05, 3.63) is 0 Å². The highest BCUT2D eigenvalue weighted by atomic mass is 14.9. The monoisotopic (exact) mass is 104 g/mol. The van der Waals surface area contributed by atoms with Crippen LogP contribution < -0.4 is 11.5 Å². The Morgan fingerprint density at radius 3 is 1.00 bits per heavy atom. The first kappa shape index (κ1) is 10.0. The molecule has 0 unspecified atom stereocenters. The Morgan fingerprint density at radius 1 is 1.00 bits per heavy atom. The highest BCUT2D eigenvalue weighted by Crippen LogP contribution is 1.76. The van der Waals surface area contributed by atoms with Crippen molar-refractivity contribution in [2.75, 3.05) is 0 Å². The van der Waals surface area contributed by atoms with E-state index in [-0.39, 0.29) is 0 Å². The van der Waals surface area contributed by atoms with E-state index in [1.54, 1.807) is 13.8 Å². The minimum atomic E-state index is -0.500. The van der Waals surface area contributed by atoms with Crippen LogP contribution in [0.1, 0.15) is 27.7 Å². The molecule has 4 N–H and O–H groups in total. The maximum atomic E-state index is 5.13. The fourth-order valence-electron chi connectivity index (χ4n) is 0. The molecule has 0 radical (unpaired) electrons. The highest BCUT2D eigenvalue weighted by molar-refractivity contribution is 4.57. The van der Waals surface area contributed by atoms with E-state index in [0.29, 0.717) is 0 Å². The summed E-state index contributed by atoms with van der Waals surface area (Å²) in [6, 6.07) is 0. The third-order valence-corrected chi connectivity index (χ3v) is 0. The third-order valence-electron chi connectivity index (χ3n) is 0. The van der Waals surface area contributed by atoms with Gasteiger partial charge in [0, 0.05) is 0 Å². The topological polar surface area (TPSA) is 52.0 Å². The Bertz CT molecular complexity index is 21.6. The molecule has 2 nitrogen and oxygen atoms in total. The summed E-state index contributed by atoms with van der Waals surface area (Å²) in [5.41, 5.74) is 9.76. The lowest BCUT2D eigenvalue weighted by atomic mass is 10.3. The number of rotatable bonds is 0. The van der Waals surface area contributed by atoms with E-state index in [9.17, 15) is 0 Å². The predicted molar refractivity (Wildman–Crippen MR) is 33.8 cm³/mol. The van der Waals surface area contributed by atoms with E-state index in [0.717, 1.165) is 0 Å². The summed E-state index contributed by atoms with van der Waals surface area (Å²) in [5, 5.41) is 0. The second kappa shape index (κ2) is 4.09. The lowest BCUT2D eigenvalue weighted by Gasteiger charge is -2.07. The van der Waals surface area contributed by atoms with E-state index in [1.807, 2.05) is 13.8 Å². The zero-order valence-electron chi connectivity index (χ0n) is 5.65. The summed E-state index contributed by atoms with van der Waals surface area (Å²) < 4.78 is 0. The molecule has 0 aromatic carbocycles. The zero-order valence-corrected chi connectivity index (χ0v) is 5.65. The van der Waals surface area contributed by atoms with Gasteiger partial charge in [-0.25, -0.2) is 0 Å². The summed E-state index contributed by atoms with van der Waals surface area (Å²) in [7, 11) is 0. The highest BCUT2D eigenvalue weighted by Gasteiger charge is 1.95. The van der Waals surface area contributed by atoms with E-state index in [4.69, 9.17) is 11.5 Å². The first-order chi connectivity index (χ1) is 3.00. The summed E-state index contributed by atoms with van der Waals surface area (Å²) >= 11 is 0. The standard InChI is InChI=1S/C3H10N2.C2H6/c1-3(2,4)5;1-2/h4-5H2,1-2H3;1-2H3. The van der Waals surface area contributed by atoms with Crippen LogP contribution in [0.25, 0.3) is 0 Å². The molecule has 0 aliphatic carbocycles. The lowest BCUT2D eigenvalue weighted by molar-refractivity contribution is 0.547. The van der Waals surface area contributed by atoms with Crippen molar-refractivity contribution in [3.63, 3.8) is 0 Å². The van der Waals surface area contributed by atoms with Crippen LogP contribution in [0.15, 0.2) is 0 Å². The van der Waals surface area contributed by atoms with Crippen molar-refractivity contribution in [2.45, 2.75) is 33.4 Å². The molecule has 0 aromatic rings. The minimum Gasteiger partial charge on any atom is -0.314 e. The molecule has 0 saturated heterocycles. The van der Waals surface area contributed by atoms with Crippen LogP contribution in [0.5, 0.6) is 0 Å². The molecule has 0 aliphatic heterocycles. The van der Waals surface area contributed by atoms with Crippen LogP contribution in [0.2, 0.25) is 0 Å². The molecule has 0 saturated carbocycles. The summed E-state index contributed by atoms with van der Waals surface area (Å²) in [6.07, 6.45) is 0. The number of hydrogen-bond donors (Lipinski definition) is 2. The van der Waals surface area contributed by atoms with Crippen LogP contribution in [0.3, 0.4) is 0 Å². The Balaban J connectivity index is 0. The quantitative estimate of drug-likeness (QED) is 0.444. The van der Waals surface area contributed by atoms with Gasteiger partial charge in [0.25, 0.3) is 0 Å². The van der Waals surface area contributed by atoms with E-state index in [2.05, 4.69) is 0 Å². The largest absolute Gasteiger partial charge is 0.314 e. The smallest absolute Gasteiger partial charge is 0.0578 e. The van der Waals surface area contributed by atoms with Crippen molar-refractivity contribution in [2.24, 2.45) is 11.5 Å². The Labute approximate surface area is 45.9 Å². The Morgan fingerprint density at radius 2 is 1.00 bits per heavy atom. The molecule has 0 bridgehead atoms. The fourth-order valence-corrected chi connectivity index (χ4v) is 0. The molecule has 0 spiro atoms. The van der Waals surface area contributed by atoms with Gasteiger partial charge >= 0.3 is 0 Å². The lowest BCUT2D eigenvalue weighted by Crippen LogP contribution is -2.42. The Kier molecular flexibility index (Phi) is 5.85. The normalized spacial score (nSPS) is 9.43. The van der Waals surface area contributed by atoms with Gasteiger partial charge in [-0.1, -0.05) is 13.8 Å². The van der Waals surface area contributed by atoms with Crippen molar-refractivity contribution in [3.8, 4) is 0 Å². The van der Waals surface area contributed by atoms with Gasteiger partial charge in [-0.2, -0.15) is 0 Å². The summed E-state index contributed by atoms with van der Waals surface area (Å²) in [5.74, 6) is 0. The minimum absolute atomic E-state index is 0.500. The van der Waals surface area contributed by atoms with Crippen LogP contribution >= 0.6 is 0 Å². The van der Waals surface area contributed by atoms with Gasteiger partial charge in [0.2, 0.25) is 0 Å². The molecular weight excluding hydrogens is 88.1 g/mol. The van der Waals surface area contributed by atoms with Crippen molar-refractivity contribution in [1.82, 2.24) is 0 Å². The average Bonchev–Trinajstić information content (AvgIpc) is 1.36. The van der Waals surface area contributed by atoms with E-state index < -0.39 is 5.66 Å². The second-order valence-corrected chi connectivity index (χ2v) is 1.82. The molecule has 0 aromatic heterocycles. The molecular formula is C5H16N2. The molecule has 0 fully saturated rings. The van der Waals surface area contributed by atoms with Crippen molar-refractivity contribution < 1.29 is 0 Å². The van der Waals surface area contributed by atoms with E-state index in [1.165, 1.54) is 0 Å². The average molecular weight is 104 g/mol. The number of nitrogens with two attached hydrogens (primary N) is 2. The molecule has 0 aliphatic rings. The molecule has 0 atom stereocenters. The maximum Gasteiger partial charge on any atom is 0.0578 e. The molecule has 46 valence electrons. The maximum absolute atomic E-state index is 5.13. The Hall–Kier alpha value is -0.0800. The number of hydrogen-bond acceptors (Lipinski definition) is 2. The SMILES string of the molecule is CC.CC(C)(N)N. The van der Waals surface area contributed by atoms with Gasteiger partial charge in [0.15, 0.2) is 0 Å². The molecule has 0 amide bonds. The van der Waals surface area contributed by atoms with E-state index >= 15 is 0 Å². The molecule has 2 heteroatoms. The van der Waals surface area contributed by atoms with Crippen LogP contribution in [-0.2, 0) is 0 Å². The first-order valence-corrected chi connectivity index (χ1v) is 2.58. The molecule has 0 rings (SSSR count). The van der Waals surface area contributed by atoms with Gasteiger partial charge in [-0.15, -0.1) is 0 Å². The molecule has 0 heterocycles. The van der Waals surface area contributed by atoms with Crippen molar-refractivity contribution >= 4 is 0 Å². The van der Waals surface area contributed by atoms with Gasteiger partial charge in [0.05, 0.1) is 5.66 Å².